The van der Waals surface area contributed by atoms with Crippen LogP contribution in [0.2, 0.25) is 0 Å². The molecule has 1 saturated heterocycles. The highest BCUT2D eigenvalue weighted by Gasteiger charge is 2.14. The predicted molar refractivity (Wildman–Crippen MR) is 81.7 cm³/mol. The van der Waals surface area contributed by atoms with E-state index in [2.05, 4.69) is 43.1 Å². The Morgan fingerprint density at radius 1 is 1.21 bits per heavy atom. The molecule has 0 aromatic rings. The van der Waals surface area contributed by atoms with Gasteiger partial charge in [0.05, 0.1) is 6.10 Å². The summed E-state index contributed by atoms with van der Waals surface area (Å²) < 4.78 is 5.62. The Balaban J connectivity index is 2.11. The zero-order chi connectivity index (χ0) is 14.1. The average molecular weight is 271 g/mol. The first-order valence-corrected chi connectivity index (χ1v) is 7.77. The molecule has 1 aliphatic rings. The molecule has 4 heteroatoms. The molecular formula is C15H33N3O. The number of hydrogen-bond donors (Lipinski definition) is 1. The van der Waals surface area contributed by atoms with Gasteiger partial charge in [-0.3, -0.25) is 0 Å². The highest BCUT2D eigenvalue weighted by molar-refractivity contribution is 4.69. The fourth-order valence-corrected chi connectivity index (χ4v) is 2.46. The largest absolute Gasteiger partial charge is 0.377 e. The topological polar surface area (TPSA) is 27.7 Å². The summed E-state index contributed by atoms with van der Waals surface area (Å²) in [5.41, 5.74) is 0. The van der Waals surface area contributed by atoms with Gasteiger partial charge < -0.3 is 19.9 Å². The molecule has 1 heterocycles. The van der Waals surface area contributed by atoms with Crippen molar-refractivity contribution in [2.45, 2.75) is 32.8 Å². The lowest BCUT2D eigenvalue weighted by Gasteiger charge is -2.26. The molecule has 0 radical (unpaired) electrons. The molecule has 1 N–H and O–H groups in total. The van der Waals surface area contributed by atoms with Crippen LogP contribution in [-0.2, 0) is 4.74 Å². The molecule has 1 fully saturated rings. The van der Waals surface area contributed by atoms with Crippen molar-refractivity contribution >= 4 is 0 Å². The van der Waals surface area contributed by atoms with E-state index in [1.54, 1.807) is 0 Å². The molecular weight excluding hydrogens is 238 g/mol. The van der Waals surface area contributed by atoms with Crippen LogP contribution >= 0.6 is 0 Å². The SMILES string of the molecule is CC(C)CN(CCNCC1CCCO1)CCN(C)C. The summed E-state index contributed by atoms with van der Waals surface area (Å²) in [4.78, 5) is 4.82. The fraction of sp³-hybridized carbons (Fsp3) is 1.00. The summed E-state index contributed by atoms with van der Waals surface area (Å²) in [6.07, 6.45) is 2.91. The van der Waals surface area contributed by atoms with Crippen molar-refractivity contribution in [2.75, 3.05) is 60.0 Å². The van der Waals surface area contributed by atoms with Gasteiger partial charge in [0.1, 0.15) is 0 Å². The smallest absolute Gasteiger partial charge is 0.0700 e. The summed E-state index contributed by atoms with van der Waals surface area (Å²) in [5, 5.41) is 3.54. The van der Waals surface area contributed by atoms with Gasteiger partial charge in [0, 0.05) is 45.9 Å². The molecule has 0 amide bonds. The van der Waals surface area contributed by atoms with E-state index in [0.29, 0.717) is 6.10 Å². The van der Waals surface area contributed by atoms with Gasteiger partial charge in [-0.05, 0) is 32.9 Å². The highest BCUT2D eigenvalue weighted by Crippen LogP contribution is 2.10. The van der Waals surface area contributed by atoms with E-state index in [4.69, 9.17) is 4.74 Å². The number of ether oxygens (including phenoxy) is 1. The average Bonchev–Trinajstić information content (AvgIpc) is 2.83. The predicted octanol–water partition coefficient (Wildman–Crippen LogP) is 1.27. The van der Waals surface area contributed by atoms with E-state index in [1.165, 1.54) is 19.4 Å². The quantitative estimate of drug-likeness (QED) is 0.606. The Hall–Kier alpha value is -0.160. The third kappa shape index (κ3) is 8.58. The van der Waals surface area contributed by atoms with E-state index in [-0.39, 0.29) is 0 Å². The van der Waals surface area contributed by atoms with Crippen LogP contribution in [0.1, 0.15) is 26.7 Å². The second kappa shape index (κ2) is 9.70. The van der Waals surface area contributed by atoms with Gasteiger partial charge in [-0.1, -0.05) is 13.8 Å². The maximum atomic E-state index is 5.62. The van der Waals surface area contributed by atoms with Gasteiger partial charge >= 0.3 is 0 Å². The van der Waals surface area contributed by atoms with E-state index in [0.717, 1.165) is 45.2 Å². The Bertz CT molecular complexity index is 215. The minimum atomic E-state index is 0.459. The normalized spacial score (nSPS) is 20.1. The molecule has 1 unspecified atom stereocenters. The van der Waals surface area contributed by atoms with Crippen molar-refractivity contribution in [1.82, 2.24) is 15.1 Å². The molecule has 19 heavy (non-hydrogen) atoms. The first kappa shape index (κ1) is 16.9. The van der Waals surface area contributed by atoms with Crippen LogP contribution in [0, 0.1) is 5.92 Å². The van der Waals surface area contributed by atoms with Crippen LogP contribution in [0.3, 0.4) is 0 Å². The molecule has 0 aliphatic carbocycles. The van der Waals surface area contributed by atoms with Crippen LogP contribution in [0.4, 0.5) is 0 Å². The van der Waals surface area contributed by atoms with Crippen LogP contribution in [0.5, 0.6) is 0 Å². The molecule has 0 aromatic heterocycles. The summed E-state index contributed by atoms with van der Waals surface area (Å²) >= 11 is 0. The Kier molecular flexibility index (Phi) is 8.62. The Labute approximate surface area is 119 Å². The number of nitrogens with zero attached hydrogens (tertiary/aromatic N) is 2. The second-order valence-corrected chi connectivity index (χ2v) is 6.34. The van der Waals surface area contributed by atoms with Crippen molar-refractivity contribution in [1.29, 1.82) is 0 Å². The van der Waals surface area contributed by atoms with Crippen molar-refractivity contribution in [3.05, 3.63) is 0 Å². The molecule has 0 spiro atoms. The number of likely N-dealkylation sites (N-methyl/N-ethyl adjacent to an activating group) is 1. The van der Waals surface area contributed by atoms with Crippen molar-refractivity contribution < 1.29 is 4.74 Å². The zero-order valence-electron chi connectivity index (χ0n) is 13.3. The van der Waals surface area contributed by atoms with Gasteiger partial charge in [-0.2, -0.15) is 0 Å². The molecule has 0 aromatic carbocycles. The molecule has 1 aliphatic heterocycles. The molecule has 1 atom stereocenters. The second-order valence-electron chi connectivity index (χ2n) is 6.34. The van der Waals surface area contributed by atoms with Gasteiger partial charge in [-0.15, -0.1) is 0 Å². The number of rotatable bonds is 10. The lowest BCUT2D eigenvalue weighted by Crippen LogP contribution is -2.40. The maximum Gasteiger partial charge on any atom is 0.0700 e. The van der Waals surface area contributed by atoms with Crippen LogP contribution in [0.15, 0.2) is 0 Å². The van der Waals surface area contributed by atoms with Crippen molar-refractivity contribution in [3.8, 4) is 0 Å². The first-order chi connectivity index (χ1) is 9.08. The van der Waals surface area contributed by atoms with Gasteiger partial charge in [0.15, 0.2) is 0 Å². The number of nitrogens with one attached hydrogen (secondary N) is 1. The third-order valence-electron chi connectivity index (χ3n) is 3.49. The first-order valence-electron chi connectivity index (χ1n) is 7.77. The maximum absolute atomic E-state index is 5.62. The van der Waals surface area contributed by atoms with Crippen LogP contribution in [0.25, 0.3) is 0 Å². The standard InChI is InChI=1S/C15H33N3O/c1-14(2)13-18(10-9-17(3)4)8-7-16-12-15-6-5-11-19-15/h14-16H,5-13H2,1-4H3. The van der Waals surface area contributed by atoms with Gasteiger partial charge in [-0.25, -0.2) is 0 Å². The summed E-state index contributed by atoms with van der Waals surface area (Å²) in [6, 6.07) is 0. The van der Waals surface area contributed by atoms with E-state index < -0.39 is 0 Å². The van der Waals surface area contributed by atoms with Crippen LogP contribution < -0.4 is 5.32 Å². The van der Waals surface area contributed by atoms with E-state index in [9.17, 15) is 0 Å². The molecule has 4 nitrogen and oxygen atoms in total. The third-order valence-corrected chi connectivity index (χ3v) is 3.49. The lowest BCUT2D eigenvalue weighted by atomic mass is 10.2. The van der Waals surface area contributed by atoms with Gasteiger partial charge in [0.25, 0.3) is 0 Å². The van der Waals surface area contributed by atoms with E-state index in [1.807, 2.05) is 0 Å². The molecule has 1 rings (SSSR count). The highest BCUT2D eigenvalue weighted by atomic mass is 16.5. The van der Waals surface area contributed by atoms with Crippen molar-refractivity contribution in [3.63, 3.8) is 0 Å². The summed E-state index contributed by atoms with van der Waals surface area (Å²) in [7, 11) is 4.28. The Morgan fingerprint density at radius 2 is 2.00 bits per heavy atom. The number of hydrogen-bond acceptors (Lipinski definition) is 4. The lowest BCUT2D eigenvalue weighted by molar-refractivity contribution is 0.109. The zero-order valence-corrected chi connectivity index (χ0v) is 13.3. The summed E-state index contributed by atoms with van der Waals surface area (Å²) in [5.74, 6) is 0.736. The molecule has 114 valence electrons. The van der Waals surface area contributed by atoms with Gasteiger partial charge in [0.2, 0.25) is 0 Å². The molecule has 0 saturated carbocycles. The van der Waals surface area contributed by atoms with Crippen molar-refractivity contribution in [2.24, 2.45) is 5.92 Å². The minimum absolute atomic E-state index is 0.459. The minimum Gasteiger partial charge on any atom is -0.377 e. The van der Waals surface area contributed by atoms with E-state index >= 15 is 0 Å². The molecule has 0 bridgehead atoms. The monoisotopic (exact) mass is 271 g/mol. The Morgan fingerprint density at radius 3 is 2.58 bits per heavy atom. The fourth-order valence-electron chi connectivity index (χ4n) is 2.46. The summed E-state index contributed by atoms with van der Waals surface area (Å²) in [6.45, 7) is 12.3. The van der Waals surface area contributed by atoms with Crippen LogP contribution in [-0.4, -0.2) is 75.9 Å².